The normalized spacial score (nSPS) is 16.7. The van der Waals surface area contributed by atoms with Gasteiger partial charge in [0.1, 0.15) is 5.00 Å². The van der Waals surface area contributed by atoms with Gasteiger partial charge in [-0.15, -0.1) is 0 Å². The van der Waals surface area contributed by atoms with E-state index in [9.17, 15) is 14.7 Å². The van der Waals surface area contributed by atoms with E-state index in [1.165, 1.54) is 0 Å². The maximum absolute atomic E-state index is 13.3. The summed E-state index contributed by atoms with van der Waals surface area (Å²) in [4.78, 5) is 35.9. The van der Waals surface area contributed by atoms with E-state index >= 15 is 0 Å². The van der Waals surface area contributed by atoms with E-state index in [1.54, 1.807) is 11.6 Å². The molecule has 3 aromatic rings. The number of hydrogen-bond acceptors (Lipinski definition) is 7. The highest BCUT2D eigenvalue weighted by molar-refractivity contribution is 7.19. The van der Waals surface area contributed by atoms with Crippen molar-refractivity contribution < 1.29 is 9.90 Å². The fraction of sp³-hybridized carbons (Fsp3) is 0.478. The second kappa shape index (κ2) is 8.61. The Morgan fingerprint density at radius 2 is 1.94 bits per heavy atom. The SMILES string of the molecule is Cc1cc(C(C)Nc2sc(Cl)nc2C(=O)O)c2nc(N3CCC(C)(C)CC3)n(C)c(=O)c2c1. The Kier molecular flexibility index (Phi) is 6.13. The van der Waals surface area contributed by atoms with Gasteiger partial charge in [-0.3, -0.25) is 9.36 Å². The Bertz CT molecular complexity index is 1290. The van der Waals surface area contributed by atoms with Crippen LogP contribution < -0.4 is 15.8 Å². The number of piperidine rings is 1. The molecule has 1 aliphatic rings. The van der Waals surface area contributed by atoms with E-state index in [4.69, 9.17) is 16.6 Å². The molecule has 2 aromatic heterocycles. The maximum atomic E-state index is 13.3. The van der Waals surface area contributed by atoms with Crippen molar-refractivity contribution in [1.29, 1.82) is 0 Å². The van der Waals surface area contributed by atoms with Gasteiger partial charge in [0.15, 0.2) is 10.2 Å². The average molecular weight is 490 g/mol. The summed E-state index contributed by atoms with van der Waals surface area (Å²) in [5, 5.41) is 13.6. The number of carboxylic acid groups (broad SMARTS) is 1. The molecule has 0 saturated carbocycles. The van der Waals surface area contributed by atoms with Gasteiger partial charge in [0.2, 0.25) is 5.95 Å². The predicted octanol–water partition coefficient (Wildman–Crippen LogP) is 4.85. The quantitative estimate of drug-likeness (QED) is 0.528. The molecule has 1 saturated heterocycles. The minimum atomic E-state index is -1.15. The molecule has 1 fully saturated rings. The topological polar surface area (TPSA) is 100 Å². The van der Waals surface area contributed by atoms with Crippen LogP contribution in [0.15, 0.2) is 16.9 Å². The van der Waals surface area contributed by atoms with Crippen molar-refractivity contribution in [2.75, 3.05) is 23.3 Å². The van der Waals surface area contributed by atoms with E-state index in [2.05, 4.69) is 29.0 Å². The summed E-state index contributed by atoms with van der Waals surface area (Å²) in [6, 6.07) is 3.52. The van der Waals surface area contributed by atoms with Crippen molar-refractivity contribution >= 4 is 50.8 Å². The molecule has 1 unspecified atom stereocenters. The second-order valence-electron chi connectivity index (χ2n) is 9.49. The molecule has 0 bridgehead atoms. The van der Waals surface area contributed by atoms with E-state index in [0.717, 1.165) is 48.4 Å². The van der Waals surface area contributed by atoms with E-state index < -0.39 is 5.97 Å². The third kappa shape index (κ3) is 4.56. The monoisotopic (exact) mass is 489 g/mol. The summed E-state index contributed by atoms with van der Waals surface area (Å²) in [5.74, 6) is -0.489. The first-order valence-corrected chi connectivity index (χ1v) is 12.1. The standard InChI is InChI=1S/C23H28ClN5O3S/c1-12-10-14(13(2)25-18-17(20(31)32)26-21(24)33-18)16-15(11-12)19(30)28(5)22(27-16)29-8-6-23(3,4)7-9-29/h10-11,13,25H,6-9H2,1-5H3,(H,31,32). The molecule has 2 N–H and O–H groups in total. The smallest absolute Gasteiger partial charge is 0.357 e. The van der Waals surface area contributed by atoms with Crippen molar-refractivity contribution in [3.63, 3.8) is 0 Å². The zero-order chi connectivity index (χ0) is 24.1. The van der Waals surface area contributed by atoms with Gasteiger partial charge in [-0.2, -0.15) is 0 Å². The Morgan fingerprint density at radius 1 is 1.27 bits per heavy atom. The number of carbonyl (C=O) groups is 1. The molecule has 4 rings (SSSR count). The van der Waals surface area contributed by atoms with Gasteiger partial charge in [-0.05, 0) is 43.7 Å². The number of hydrogen-bond donors (Lipinski definition) is 2. The summed E-state index contributed by atoms with van der Waals surface area (Å²) in [5.41, 5.74) is 2.44. The molecule has 8 nitrogen and oxygen atoms in total. The van der Waals surface area contributed by atoms with Crippen molar-refractivity contribution in [3.05, 3.63) is 43.8 Å². The van der Waals surface area contributed by atoms with Crippen LogP contribution in [0, 0.1) is 12.3 Å². The first-order valence-electron chi connectivity index (χ1n) is 10.9. The molecule has 3 heterocycles. The largest absolute Gasteiger partial charge is 0.476 e. The molecule has 1 aromatic carbocycles. The number of anilines is 2. The van der Waals surface area contributed by atoms with Crippen LogP contribution in [0.4, 0.5) is 10.9 Å². The molecule has 33 heavy (non-hydrogen) atoms. The third-order valence-corrected chi connectivity index (χ3v) is 7.44. The Hall–Kier alpha value is -2.65. The van der Waals surface area contributed by atoms with Crippen LogP contribution >= 0.6 is 22.9 Å². The van der Waals surface area contributed by atoms with Crippen LogP contribution in [0.2, 0.25) is 4.47 Å². The number of thiazole rings is 1. The number of carboxylic acids is 1. The number of aryl methyl sites for hydroxylation is 1. The van der Waals surface area contributed by atoms with Crippen LogP contribution in [0.3, 0.4) is 0 Å². The third-order valence-electron chi connectivity index (χ3n) is 6.35. The molecular formula is C23H28ClN5O3S. The molecule has 0 spiro atoms. The van der Waals surface area contributed by atoms with Crippen molar-refractivity contribution in [3.8, 4) is 0 Å². The Morgan fingerprint density at radius 3 is 2.58 bits per heavy atom. The fourth-order valence-corrected chi connectivity index (χ4v) is 5.36. The number of fused-ring (bicyclic) bond motifs is 1. The minimum absolute atomic E-state index is 0.0935. The molecule has 1 aliphatic heterocycles. The number of aromatic carboxylic acids is 1. The van der Waals surface area contributed by atoms with Crippen molar-refractivity contribution in [2.24, 2.45) is 12.5 Å². The number of nitrogens with one attached hydrogen (secondary N) is 1. The highest BCUT2D eigenvalue weighted by atomic mass is 35.5. The Labute approximate surface area is 201 Å². The molecule has 176 valence electrons. The average Bonchev–Trinajstić information content (AvgIpc) is 3.11. The lowest BCUT2D eigenvalue weighted by molar-refractivity contribution is 0.0692. The molecule has 10 heteroatoms. The molecule has 0 radical (unpaired) electrons. The lowest BCUT2D eigenvalue weighted by atomic mass is 9.83. The lowest BCUT2D eigenvalue weighted by Gasteiger charge is -2.38. The molecule has 0 amide bonds. The number of nitrogens with zero attached hydrogens (tertiary/aromatic N) is 4. The summed E-state index contributed by atoms with van der Waals surface area (Å²) in [6.45, 7) is 10.1. The van der Waals surface area contributed by atoms with Gasteiger partial charge in [0, 0.05) is 25.7 Å². The van der Waals surface area contributed by atoms with Crippen molar-refractivity contribution in [2.45, 2.75) is 46.6 Å². The second-order valence-corrected chi connectivity index (χ2v) is 11.1. The van der Waals surface area contributed by atoms with Gasteiger partial charge < -0.3 is 15.3 Å². The predicted molar refractivity (Wildman–Crippen MR) is 133 cm³/mol. The summed E-state index contributed by atoms with van der Waals surface area (Å²) in [6.07, 6.45) is 2.06. The van der Waals surface area contributed by atoms with E-state index in [-0.39, 0.29) is 27.2 Å². The van der Waals surface area contributed by atoms with Crippen molar-refractivity contribution in [1.82, 2.24) is 14.5 Å². The lowest BCUT2D eigenvalue weighted by Crippen LogP contribution is -2.40. The highest BCUT2D eigenvalue weighted by Crippen LogP contribution is 2.35. The van der Waals surface area contributed by atoms with Gasteiger partial charge in [-0.1, -0.05) is 42.9 Å². The maximum Gasteiger partial charge on any atom is 0.357 e. The molecular weight excluding hydrogens is 462 g/mol. The number of rotatable bonds is 5. The number of benzene rings is 1. The van der Waals surface area contributed by atoms with Crippen LogP contribution in [-0.4, -0.2) is 38.7 Å². The number of aromatic nitrogens is 3. The van der Waals surface area contributed by atoms with Crippen LogP contribution in [0.1, 0.15) is 61.3 Å². The Balaban J connectivity index is 1.79. The minimum Gasteiger partial charge on any atom is -0.476 e. The first-order chi connectivity index (χ1) is 15.5. The summed E-state index contributed by atoms with van der Waals surface area (Å²) < 4.78 is 1.78. The number of halogens is 1. The van der Waals surface area contributed by atoms with E-state index in [1.807, 2.05) is 26.0 Å². The van der Waals surface area contributed by atoms with E-state index in [0.29, 0.717) is 21.9 Å². The van der Waals surface area contributed by atoms with Gasteiger partial charge in [-0.25, -0.2) is 14.8 Å². The summed E-state index contributed by atoms with van der Waals surface area (Å²) in [7, 11) is 1.77. The van der Waals surface area contributed by atoms with Crippen LogP contribution in [0.25, 0.3) is 10.9 Å². The summed E-state index contributed by atoms with van der Waals surface area (Å²) >= 11 is 7.04. The first kappa shape index (κ1) is 23.5. The molecule has 0 aliphatic carbocycles. The van der Waals surface area contributed by atoms with Gasteiger partial charge in [0.05, 0.1) is 16.9 Å². The van der Waals surface area contributed by atoms with Gasteiger partial charge in [0.25, 0.3) is 5.56 Å². The fourth-order valence-electron chi connectivity index (χ4n) is 4.28. The molecule has 1 atom stereocenters. The van der Waals surface area contributed by atoms with Crippen LogP contribution in [-0.2, 0) is 7.05 Å². The van der Waals surface area contributed by atoms with Crippen LogP contribution in [0.5, 0.6) is 0 Å². The van der Waals surface area contributed by atoms with Gasteiger partial charge >= 0.3 is 5.97 Å². The zero-order valence-electron chi connectivity index (χ0n) is 19.4. The highest BCUT2D eigenvalue weighted by Gasteiger charge is 2.28. The zero-order valence-corrected chi connectivity index (χ0v) is 21.0.